The molecule has 0 aliphatic carbocycles. The molecule has 1 aliphatic heterocycles. The van der Waals surface area contributed by atoms with E-state index in [0.717, 1.165) is 29.4 Å². The Labute approximate surface area is 125 Å². The Morgan fingerprint density at radius 2 is 2.05 bits per heavy atom. The van der Waals surface area contributed by atoms with Gasteiger partial charge in [-0.15, -0.1) is 0 Å². The van der Waals surface area contributed by atoms with Gasteiger partial charge >= 0.3 is 0 Å². The summed E-state index contributed by atoms with van der Waals surface area (Å²) in [6.45, 7) is 6.73. The largest absolute Gasteiger partial charge is 0.389 e. The number of nitrogens with zero attached hydrogens (tertiary/aromatic N) is 1. The second-order valence-corrected chi connectivity index (χ2v) is 6.55. The molecule has 1 aromatic carbocycles. The predicted octanol–water partition coefficient (Wildman–Crippen LogP) is 3.99. The standard InChI is InChI=1S/C15H21ClN2S/c1-3-15(2)6-8-18(9-7-15)13-10-11(16)4-5-12(13)14(17)19/h4-5,10H,3,6-9H2,1-2H3,(H2,17,19). The third-order valence-corrected chi connectivity index (χ3v) is 4.85. The van der Waals surface area contributed by atoms with E-state index in [-0.39, 0.29) is 0 Å². The molecule has 0 spiro atoms. The molecule has 0 atom stereocenters. The van der Waals surface area contributed by atoms with E-state index in [9.17, 15) is 0 Å². The first kappa shape index (κ1) is 14.6. The SMILES string of the molecule is CCC1(C)CCN(c2cc(Cl)ccc2C(N)=S)CC1. The van der Waals surface area contributed by atoms with E-state index in [2.05, 4.69) is 18.7 Å². The molecular formula is C15H21ClN2S. The second-order valence-electron chi connectivity index (χ2n) is 5.68. The summed E-state index contributed by atoms with van der Waals surface area (Å²) in [5.41, 5.74) is 8.29. The van der Waals surface area contributed by atoms with Crippen LogP contribution < -0.4 is 10.6 Å². The van der Waals surface area contributed by atoms with Crippen molar-refractivity contribution >= 4 is 34.5 Å². The van der Waals surface area contributed by atoms with Crippen molar-refractivity contribution in [1.82, 2.24) is 0 Å². The summed E-state index contributed by atoms with van der Waals surface area (Å²) in [4.78, 5) is 2.80. The van der Waals surface area contributed by atoms with Crippen molar-refractivity contribution in [2.45, 2.75) is 33.1 Å². The van der Waals surface area contributed by atoms with Crippen LogP contribution in [0.3, 0.4) is 0 Å². The van der Waals surface area contributed by atoms with Gasteiger partial charge in [0.05, 0.1) is 0 Å². The monoisotopic (exact) mass is 296 g/mol. The fourth-order valence-electron chi connectivity index (χ4n) is 2.62. The maximum absolute atomic E-state index is 6.11. The van der Waals surface area contributed by atoms with Gasteiger partial charge in [0.2, 0.25) is 0 Å². The molecular weight excluding hydrogens is 276 g/mol. The zero-order valence-electron chi connectivity index (χ0n) is 11.6. The third-order valence-electron chi connectivity index (χ3n) is 4.39. The fourth-order valence-corrected chi connectivity index (χ4v) is 2.95. The highest BCUT2D eigenvalue weighted by molar-refractivity contribution is 7.80. The van der Waals surface area contributed by atoms with E-state index in [1.54, 1.807) is 0 Å². The Morgan fingerprint density at radius 3 is 2.58 bits per heavy atom. The van der Waals surface area contributed by atoms with Crippen molar-refractivity contribution in [3.63, 3.8) is 0 Å². The molecule has 1 heterocycles. The Kier molecular flexibility index (Phi) is 4.36. The van der Waals surface area contributed by atoms with Crippen LogP contribution in [-0.2, 0) is 0 Å². The normalized spacial score (nSPS) is 18.4. The Hall–Kier alpha value is -0.800. The van der Waals surface area contributed by atoms with Gasteiger partial charge in [-0.2, -0.15) is 0 Å². The number of nitrogens with two attached hydrogens (primary N) is 1. The molecule has 104 valence electrons. The number of halogens is 1. The van der Waals surface area contributed by atoms with Gasteiger partial charge in [-0.1, -0.05) is 44.1 Å². The minimum absolute atomic E-state index is 0.440. The molecule has 1 aromatic rings. The molecule has 4 heteroatoms. The van der Waals surface area contributed by atoms with Gasteiger partial charge in [-0.25, -0.2) is 0 Å². The molecule has 0 radical (unpaired) electrons. The smallest absolute Gasteiger partial charge is 0.106 e. The zero-order valence-corrected chi connectivity index (χ0v) is 13.2. The molecule has 0 saturated carbocycles. The lowest BCUT2D eigenvalue weighted by atomic mass is 9.78. The fraction of sp³-hybridized carbons (Fsp3) is 0.533. The second kappa shape index (κ2) is 5.68. The van der Waals surface area contributed by atoms with Crippen LogP contribution in [-0.4, -0.2) is 18.1 Å². The Balaban J connectivity index is 2.24. The van der Waals surface area contributed by atoms with E-state index in [1.165, 1.54) is 19.3 Å². The summed E-state index contributed by atoms with van der Waals surface area (Å²) < 4.78 is 0. The summed E-state index contributed by atoms with van der Waals surface area (Å²) in [6.07, 6.45) is 3.64. The lowest BCUT2D eigenvalue weighted by Gasteiger charge is -2.40. The van der Waals surface area contributed by atoms with Crippen molar-refractivity contribution in [2.24, 2.45) is 11.1 Å². The number of hydrogen-bond donors (Lipinski definition) is 1. The summed E-state index contributed by atoms with van der Waals surface area (Å²) in [5, 5.41) is 0.735. The topological polar surface area (TPSA) is 29.3 Å². The number of hydrogen-bond acceptors (Lipinski definition) is 2. The highest BCUT2D eigenvalue weighted by Crippen LogP contribution is 2.37. The van der Waals surface area contributed by atoms with Crippen LogP contribution in [0.2, 0.25) is 5.02 Å². The van der Waals surface area contributed by atoms with Crippen LogP contribution in [0, 0.1) is 5.41 Å². The van der Waals surface area contributed by atoms with Crippen LogP contribution in [0.15, 0.2) is 18.2 Å². The van der Waals surface area contributed by atoms with Crippen LogP contribution in [0.1, 0.15) is 38.7 Å². The van der Waals surface area contributed by atoms with E-state index in [4.69, 9.17) is 29.6 Å². The van der Waals surface area contributed by atoms with Gasteiger partial charge in [0.25, 0.3) is 0 Å². The molecule has 19 heavy (non-hydrogen) atoms. The highest BCUT2D eigenvalue weighted by atomic mass is 35.5. The molecule has 1 saturated heterocycles. The molecule has 2 rings (SSSR count). The van der Waals surface area contributed by atoms with E-state index in [1.807, 2.05) is 18.2 Å². The maximum atomic E-state index is 6.11. The van der Waals surface area contributed by atoms with Crippen LogP contribution in [0.25, 0.3) is 0 Å². The maximum Gasteiger partial charge on any atom is 0.106 e. The van der Waals surface area contributed by atoms with Crippen molar-refractivity contribution in [3.8, 4) is 0 Å². The number of benzene rings is 1. The predicted molar refractivity (Wildman–Crippen MR) is 87.2 cm³/mol. The minimum atomic E-state index is 0.440. The summed E-state index contributed by atoms with van der Waals surface area (Å²) >= 11 is 11.3. The molecule has 1 fully saturated rings. The number of piperidine rings is 1. The van der Waals surface area contributed by atoms with Gasteiger partial charge in [-0.05, 0) is 36.5 Å². The first-order valence-corrected chi connectivity index (χ1v) is 7.58. The van der Waals surface area contributed by atoms with Gasteiger partial charge in [0.15, 0.2) is 0 Å². The lowest BCUT2D eigenvalue weighted by Crippen LogP contribution is -2.39. The Morgan fingerprint density at radius 1 is 1.42 bits per heavy atom. The van der Waals surface area contributed by atoms with Crippen LogP contribution in [0.4, 0.5) is 5.69 Å². The summed E-state index contributed by atoms with van der Waals surface area (Å²) in [6, 6.07) is 5.75. The van der Waals surface area contributed by atoms with Crippen molar-refractivity contribution < 1.29 is 0 Å². The van der Waals surface area contributed by atoms with Gasteiger partial charge in [-0.3, -0.25) is 0 Å². The summed E-state index contributed by atoms with van der Waals surface area (Å²) in [7, 11) is 0. The molecule has 0 bridgehead atoms. The first-order valence-electron chi connectivity index (χ1n) is 6.79. The quantitative estimate of drug-likeness (QED) is 0.855. The van der Waals surface area contributed by atoms with E-state index >= 15 is 0 Å². The third kappa shape index (κ3) is 3.21. The molecule has 0 amide bonds. The van der Waals surface area contributed by atoms with Gasteiger partial charge in [0, 0.05) is 29.4 Å². The molecule has 1 aliphatic rings. The van der Waals surface area contributed by atoms with Gasteiger partial charge in [0.1, 0.15) is 4.99 Å². The number of rotatable bonds is 3. The number of thiocarbonyl (C=S) groups is 1. The van der Waals surface area contributed by atoms with Gasteiger partial charge < -0.3 is 10.6 Å². The lowest BCUT2D eigenvalue weighted by molar-refractivity contribution is 0.238. The molecule has 2 nitrogen and oxygen atoms in total. The minimum Gasteiger partial charge on any atom is -0.389 e. The molecule has 0 aromatic heterocycles. The average Bonchev–Trinajstić information content (AvgIpc) is 2.39. The summed E-state index contributed by atoms with van der Waals surface area (Å²) in [5.74, 6) is 0. The average molecular weight is 297 g/mol. The van der Waals surface area contributed by atoms with Crippen LogP contribution >= 0.6 is 23.8 Å². The van der Waals surface area contributed by atoms with E-state index < -0.39 is 0 Å². The van der Waals surface area contributed by atoms with Crippen molar-refractivity contribution in [3.05, 3.63) is 28.8 Å². The van der Waals surface area contributed by atoms with Crippen molar-refractivity contribution in [1.29, 1.82) is 0 Å². The first-order chi connectivity index (χ1) is 8.95. The zero-order chi connectivity index (χ0) is 14.0. The Bertz CT molecular complexity index is 479. The van der Waals surface area contributed by atoms with Crippen molar-refractivity contribution in [2.75, 3.05) is 18.0 Å². The van der Waals surface area contributed by atoms with E-state index in [0.29, 0.717) is 10.4 Å². The number of anilines is 1. The van der Waals surface area contributed by atoms with Crippen LogP contribution in [0.5, 0.6) is 0 Å². The molecule has 0 unspecified atom stereocenters. The molecule has 2 N–H and O–H groups in total. The highest BCUT2D eigenvalue weighted by Gasteiger charge is 2.29.